The van der Waals surface area contributed by atoms with Gasteiger partial charge in [-0.05, 0) is 77.0 Å². The van der Waals surface area contributed by atoms with E-state index < -0.39 is 26.5 Å². The molecule has 0 amide bonds. The number of carbonyl (C=O) groups is 2. The number of nitrogens with zero attached hydrogens (tertiary/aromatic N) is 1. The van der Waals surface area contributed by atoms with Crippen molar-refractivity contribution in [3.05, 3.63) is 97.2 Å². The van der Waals surface area contributed by atoms with Gasteiger partial charge in [0.2, 0.25) is 0 Å². The molecule has 534 valence electrons. The van der Waals surface area contributed by atoms with Crippen LogP contribution in [0.4, 0.5) is 0 Å². The molecule has 0 aliphatic heterocycles. The van der Waals surface area contributed by atoms with Crippen LogP contribution in [0.25, 0.3) is 0 Å². The van der Waals surface area contributed by atoms with Gasteiger partial charge in [0.1, 0.15) is 19.8 Å². The lowest BCUT2D eigenvalue weighted by molar-refractivity contribution is -0.870. The number of phosphoric ester groups is 1. The first kappa shape index (κ1) is 88.9. The van der Waals surface area contributed by atoms with E-state index in [0.717, 1.165) is 96.3 Å². The molecule has 2 atom stereocenters. The molecule has 0 aromatic heterocycles. The number of likely N-dealkylation sites (N-methyl/N-ethyl adjacent to an activating group) is 1. The first-order valence-electron chi connectivity index (χ1n) is 39.0. The Bertz CT molecular complexity index is 1880. The van der Waals surface area contributed by atoms with E-state index in [1.165, 1.54) is 231 Å². The summed E-state index contributed by atoms with van der Waals surface area (Å²) in [7, 11) is 1.48. The second-order valence-electron chi connectivity index (χ2n) is 27.4. The van der Waals surface area contributed by atoms with Gasteiger partial charge in [-0.2, -0.15) is 0 Å². The Hall–Kier alpha value is -3.07. The largest absolute Gasteiger partial charge is 0.472 e. The highest BCUT2D eigenvalue weighted by Crippen LogP contribution is 2.43. The van der Waals surface area contributed by atoms with Gasteiger partial charge < -0.3 is 18.9 Å². The molecule has 10 heteroatoms. The molecule has 2 unspecified atom stereocenters. The summed E-state index contributed by atoms with van der Waals surface area (Å²) in [6, 6.07) is 0. The Balaban J connectivity index is 4.00. The third-order valence-corrected chi connectivity index (χ3v) is 18.1. The molecule has 0 aliphatic carbocycles. The van der Waals surface area contributed by atoms with Gasteiger partial charge in [0.05, 0.1) is 27.7 Å². The first-order chi connectivity index (χ1) is 45.0. The van der Waals surface area contributed by atoms with Gasteiger partial charge in [-0.15, -0.1) is 0 Å². The van der Waals surface area contributed by atoms with E-state index in [4.69, 9.17) is 18.5 Å². The molecule has 0 saturated heterocycles. The van der Waals surface area contributed by atoms with Gasteiger partial charge in [0.25, 0.3) is 0 Å². The van der Waals surface area contributed by atoms with Crippen molar-refractivity contribution in [2.75, 3.05) is 47.5 Å². The highest BCUT2D eigenvalue weighted by atomic mass is 31.2. The zero-order valence-corrected chi connectivity index (χ0v) is 61.9. The van der Waals surface area contributed by atoms with Crippen LogP contribution in [-0.4, -0.2) is 74.9 Å². The lowest BCUT2D eigenvalue weighted by atomic mass is 10.0. The van der Waals surface area contributed by atoms with Crippen LogP contribution < -0.4 is 0 Å². The molecule has 0 radical (unpaired) electrons. The predicted octanol–water partition coefficient (Wildman–Crippen LogP) is 25.8. The average molecular weight is 1310 g/mol. The number of hydrogen-bond donors (Lipinski definition) is 1. The number of rotatable bonds is 72. The lowest BCUT2D eigenvalue weighted by Crippen LogP contribution is -2.37. The number of hydrogen-bond acceptors (Lipinski definition) is 7. The van der Waals surface area contributed by atoms with Crippen molar-refractivity contribution in [3.8, 4) is 0 Å². The first-order valence-corrected chi connectivity index (χ1v) is 40.5. The molecule has 0 fully saturated rings. The molecular formula is C82H149NO8P+. The summed E-state index contributed by atoms with van der Waals surface area (Å²) < 4.78 is 34.8. The number of carbonyl (C=O) groups excluding carboxylic acids is 2. The van der Waals surface area contributed by atoms with Crippen LogP contribution in [0.5, 0.6) is 0 Å². The molecule has 92 heavy (non-hydrogen) atoms. The van der Waals surface area contributed by atoms with Crippen LogP contribution in [0, 0.1) is 0 Å². The van der Waals surface area contributed by atoms with E-state index in [1.54, 1.807) is 0 Å². The summed E-state index contributed by atoms with van der Waals surface area (Å²) in [5, 5.41) is 0. The zero-order chi connectivity index (χ0) is 66.9. The van der Waals surface area contributed by atoms with E-state index in [9.17, 15) is 19.0 Å². The molecule has 0 heterocycles. The number of quaternary nitrogens is 1. The topological polar surface area (TPSA) is 108 Å². The van der Waals surface area contributed by atoms with Crippen molar-refractivity contribution in [1.82, 2.24) is 0 Å². The van der Waals surface area contributed by atoms with Crippen molar-refractivity contribution in [1.29, 1.82) is 0 Å². The van der Waals surface area contributed by atoms with E-state index in [2.05, 4.69) is 111 Å². The standard InChI is InChI=1S/C82H148NO8P/c1-6-8-10-12-14-16-18-20-22-24-26-28-30-32-34-36-38-40-41-43-45-47-49-51-53-55-57-59-61-63-65-67-69-71-73-75-82(85)91-80(79-90-92(86,87)89-77-76-83(3,4)5)78-88-81(84)74-72-70-68-66-64-62-60-58-56-54-52-50-48-46-44-42-39-37-35-33-31-29-27-25-23-21-19-17-15-13-11-9-7-2/h8,10,14,16,20,22,26,28,32,34,38,40,43,45,49,51,80H,6-7,9,11-13,15,17-19,21,23-25,27,29-31,33,35-37,39,41-42,44,46-48,50,52-79H2,1-5H3/p+1/b10-8-,16-14-,22-20-,28-26-,34-32-,40-38-,45-43-,51-49-. The van der Waals surface area contributed by atoms with Crippen molar-refractivity contribution in [3.63, 3.8) is 0 Å². The van der Waals surface area contributed by atoms with Gasteiger partial charge in [-0.25, -0.2) is 4.57 Å². The normalized spacial score (nSPS) is 13.6. The number of ether oxygens (including phenoxy) is 2. The van der Waals surface area contributed by atoms with Gasteiger partial charge in [0, 0.05) is 12.8 Å². The molecule has 0 aliphatic rings. The van der Waals surface area contributed by atoms with Gasteiger partial charge in [-0.1, -0.05) is 368 Å². The summed E-state index contributed by atoms with van der Waals surface area (Å²) in [5.41, 5.74) is 0. The van der Waals surface area contributed by atoms with Gasteiger partial charge in [0.15, 0.2) is 6.10 Å². The summed E-state index contributed by atoms with van der Waals surface area (Å²) in [5.74, 6) is -0.790. The molecule has 0 spiro atoms. The molecule has 0 saturated carbocycles. The maximum atomic E-state index is 12.9. The van der Waals surface area contributed by atoms with Crippen molar-refractivity contribution in [2.24, 2.45) is 0 Å². The monoisotopic (exact) mass is 1310 g/mol. The van der Waals surface area contributed by atoms with Gasteiger partial charge in [-0.3, -0.25) is 18.6 Å². The van der Waals surface area contributed by atoms with Crippen molar-refractivity contribution in [2.45, 2.75) is 367 Å². The van der Waals surface area contributed by atoms with Crippen LogP contribution in [0.1, 0.15) is 361 Å². The smallest absolute Gasteiger partial charge is 0.462 e. The maximum absolute atomic E-state index is 12.9. The SMILES string of the molecule is CC/C=C\C/C=C\C/C=C\C/C=C\C/C=C\C/C=C\C/C=C\C/C=C\CCCCCCCCCCCCC(=O)OC(COC(=O)CCCCCCCCCCCCCCCCCCCCCCCCCCCCCCCCCCC)COP(=O)(O)OCC[N+](C)(C)C. The lowest BCUT2D eigenvalue weighted by Gasteiger charge is -2.24. The highest BCUT2D eigenvalue weighted by molar-refractivity contribution is 7.47. The third kappa shape index (κ3) is 76.0. The number of esters is 2. The Labute approximate surface area is 570 Å². The number of phosphoric acid groups is 1. The second-order valence-corrected chi connectivity index (χ2v) is 28.8. The van der Waals surface area contributed by atoms with E-state index >= 15 is 0 Å². The van der Waals surface area contributed by atoms with E-state index in [-0.39, 0.29) is 32.0 Å². The summed E-state index contributed by atoms with van der Waals surface area (Å²) in [6.45, 7) is 4.36. The quantitative estimate of drug-likeness (QED) is 0.0211. The predicted molar refractivity (Wildman–Crippen MR) is 399 cm³/mol. The van der Waals surface area contributed by atoms with E-state index in [1.807, 2.05) is 21.1 Å². The van der Waals surface area contributed by atoms with Crippen molar-refractivity contribution >= 4 is 19.8 Å². The molecule has 0 bridgehead atoms. The fourth-order valence-corrected chi connectivity index (χ4v) is 12.0. The molecule has 1 N–H and O–H groups in total. The maximum Gasteiger partial charge on any atom is 0.472 e. The minimum absolute atomic E-state index is 0.0288. The molecule has 9 nitrogen and oxygen atoms in total. The Morgan fingerprint density at radius 3 is 0.924 bits per heavy atom. The summed E-state index contributed by atoms with van der Waals surface area (Å²) in [4.78, 5) is 36.0. The molecule has 0 aromatic rings. The Morgan fingerprint density at radius 1 is 0.348 bits per heavy atom. The van der Waals surface area contributed by atoms with Crippen LogP contribution in [0.2, 0.25) is 0 Å². The minimum atomic E-state index is -4.40. The van der Waals surface area contributed by atoms with Crippen molar-refractivity contribution < 1.29 is 42.1 Å². The van der Waals surface area contributed by atoms with Crippen LogP contribution in [0.3, 0.4) is 0 Å². The van der Waals surface area contributed by atoms with Gasteiger partial charge >= 0.3 is 19.8 Å². The number of allylic oxidation sites excluding steroid dienone is 16. The fourth-order valence-electron chi connectivity index (χ4n) is 11.2. The summed E-state index contributed by atoms with van der Waals surface area (Å²) in [6.07, 6.45) is 101. The Morgan fingerprint density at radius 2 is 0.620 bits per heavy atom. The number of unbranched alkanes of at least 4 members (excludes halogenated alkanes) is 42. The van der Waals surface area contributed by atoms with Crippen LogP contribution in [0.15, 0.2) is 97.2 Å². The second kappa shape index (κ2) is 72.2. The highest BCUT2D eigenvalue weighted by Gasteiger charge is 2.27. The molecule has 0 aromatic carbocycles. The third-order valence-electron chi connectivity index (χ3n) is 17.1. The minimum Gasteiger partial charge on any atom is -0.462 e. The average Bonchev–Trinajstić information content (AvgIpc) is 2.14. The van der Waals surface area contributed by atoms with Crippen LogP contribution in [-0.2, 0) is 32.7 Å². The molecule has 0 rings (SSSR count). The van der Waals surface area contributed by atoms with Crippen LogP contribution >= 0.6 is 7.82 Å². The summed E-state index contributed by atoms with van der Waals surface area (Å²) >= 11 is 0. The Kier molecular flexibility index (Phi) is 69.8. The van der Waals surface area contributed by atoms with E-state index in [0.29, 0.717) is 17.4 Å². The zero-order valence-electron chi connectivity index (χ0n) is 61.0. The molecular weight excluding hydrogens is 1160 g/mol. The fraction of sp³-hybridized carbons (Fsp3) is 0.780.